The highest BCUT2D eigenvalue weighted by Gasteiger charge is 2.12. The average molecular weight is 226 g/mol. The Labute approximate surface area is 97.2 Å². The molecule has 0 aliphatic heterocycles. The van der Waals surface area contributed by atoms with Crippen LogP contribution in [0.3, 0.4) is 0 Å². The Morgan fingerprint density at radius 2 is 2.25 bits per heavy atom. The van der Waals surface area contributed by atoms with E-state index in [1.54, 1.807) is 6.33 Å². The quantitative estimate of drug-likeness (QED) is 0.714. The highest BCUT2D eigenvalue weighted by molar-refractivity contribution is 4.89. The monoisotopic (exact) mass is 226 g/mol. The Morgan fingerprint density at radius 3 is 2.88 bits per heavy atom. The summed E-state index contributed by atoms with van der Waals surface area (Å²) in [7, 11) is 0. The van der Waals surface area contributed by atoms with Crippen molar-refractivity contribution in [1.82, 2.24) is 20.1 Å². The molecule has 0 aliphatic carbocycles. The molecular formula is C11H22N4O. The van der Waals surface area contributed by atoms with Gasteiger partial charge in [0.2, 0.25) is 0 Å². The summed E-state index contributed by atoms with van der Waals surface area (Å²) in [6, 6.07) is 0.319. The predicted octanol–water partition coefficient (Wildman–Crippen LogP) is 0.855. The molecule has 0 aromatic carbocycles. The first-order valence-electron chi connectivity index (χ1n) is 5.99. The van der Waals surface area contributed by atoms with Crippen LogP contribution in [0.25, 0.3) is 0 Å². The lowest BCUT2D eigenvalue weighted by molar-refractivity contribution is 0.122. The molecule has 1 atom stereocenters. The summed E-state index contributed by atoms with van der Waals surface area (Å²) in [4.78, 5) is 4.27. The second-order valence-electron chi connectivity index (χ2n) is 3.61. The van der Waals surface area contributed by atoms with Crippen LogP contribution in [0.15, 0.2) is 6.33 Å². The zero-order chi connectivity index (χ0) is 11.8. The molecule has 0 saturated carbocycles. The number of hydrogen-bond donors (Lipinski definition) is 1. The van der Waals surface area contributed by atoms with Gasteiger partial charge in [-0.05, 0) is 20.4 Å². The molecule has 1 unspecified atom stereocenters. The van der Waals surface area contributed by atoms with Gasteiger partial charge in [0.1, 0.15) is 12.2 Å². The smallest absolute Gasteiger partial charge is 0.138 e. The van der Waals surface area contributed by atoms with Crippen LogP contribution in [0.5, 0.6) is 0 Å². The van der Waals surface area contributed by atoms with Crippen LogP contribution in [-0.2, 0) is 17.7 Å². The maximum absolute atomic E-state index is 5.45. The lowest BCUT2D eigenvalue weighted by atomic mass is 10.2. The van der Waals surface area contributed by atoms with Crippen LogP contribution in [0.1, 0.15) is 26.6 Å². The van der Waals surface area contributed by atoms with E-state index in [2.05, 4.69) is 29.2 Å². The summed E-state index contributed by atoms with van der Waals surface area (Å²) in [5.41, 5.74) is 0. The van der Waals surface area contributed by atoms with Crippen LogP contribution < -0.4 is 5.32 Å². The van der Waals surface area contributed by atoms with Gasteiger partial charge in [0.25, 0.3) is 0 Å². The summed E-state index contributed by atoms with van der Waals surface area (Å²) < 4.78 is 7.38. The van der Waals surface area contributed by atoms with E-state index in [1.165, 1.54) is 0 Å². The molecule has 92 valence electrons. The fourth-order valence-electron chi connectivity index (χ4n) is 1.67. The molecule has 0 amide bonds. The lowest BCUT2D eigenvalue weighted by Crippen LogP contribution is -2.36. The largest absolute Gasteiger partial charge is 0.380 e. The van der Waals surface area contributed by atoms with Gasteiger partial charge in [-0.15, -0.1) is 0 Å². The third-order valence-corrected chi connectivity index (χ3v) is 2.44. The van der Waals surface area contributed by atoms with Crippen molar-refractivity contribution in [2.24, 2.45) is 0 Å². The van der Waals surface area contributed by atoms with Gasteiger partial charge >= 0.3 is 0 Å². The van der Waals surface area contributed by atoms with Crippen molar-refractivity contribution in [1.29, 1.82) is 0 Å². The Morgan fingerprint density at radius 1 is 1.44 bits per heavy atom. The fourth-order valence-corrected chi connectivity index (χ4v) is 1.67. The third kappa shape index (κ3) is 3.90. The summed E-state index contributed by atoms with van der Waals surface area (Å²) >= 11 is 0. The van der Waals surface area contributed by atoms with E-state index in [0.29, 0.717) is 6.04 Å². The molecule has 1 heterocycles. The number of aryl methyl sites for hydroxylation is 1. The molecule has 16 heavy (non-hydrogen) atoms. The van der Waals surface area contributed by atoms with Crippen LogP contribution in [0, 0.1) is 0 Å². The number of hydrogen-bond acceptors (Lipinski definition) is 4. The standard InChI is InChI=1S/C11H22N4O/c1-4-12-10(8-16-6-3)7-11-13-9-14-15(11)5-2/h9-10,12H,4-8H2,1-3H3. The summed E-state index contributed by atoms with van der Waals surface area (Å²) in [6.45, 7) is 9.47. The van der Waals surface area contributed by atoms with E-state index in [-0.39, 0.29) is 0 Å². The molecule has 0 bridgehead atoms. The van der Waals surface area contributed by atoms with E-state index in [1.807, 2.05) is 11.6 Å². The lowest BCUT2D eigenvalue weighted by Gasteiger charge is -2.17. The zero-order valence-corrected chi connectivity index (χ0v) is 10.4. The van der Waals surface area contributed by atoms with Crippen molar-refractivity contribution in [3.8, 4) is 0 Å². The van der Waals surface area contributed by atoms with Crippen LogP contribution in [0.2, 0.25) is 0 Å². The maximum Gasteiger partial charge on any atom is 0.138 e. The molecule has 1 N–H and O–H groups in total. The SMILES string of the molecule is CCNC(COCC)Cc1ncnn1CC. The van der Waals surface area contributed by atoms with Crippen molar-refractivity contribution in [3.63, 3.8) is 0 Å². The first kappa shape index (κ1) is 13.1. The molecule has 0 radical (unpaired) electrons. The van der Waals surface area contributed by atoms with E-state index in [4.69, 9.17) is 4.74 Å². The van der Waals surface area contributed by atoms with Crippen molar-refractivity contribution < 1.29 is 4.74 Å². The van der Waals surface area contributed by atoms with Gasteiger partial charge in [-0.1, -0.05) is 6.92 Å². The van der Waals surface area contributed by atoms with Gasteiger partial charge in [0, 0.05) is 25.6 Å². The molecule has 0 saturated heterocycles. The number of aromatic nitrogens is 3. The van der Waals surface area contributed by atoms with Crippen molar-refractivity contribution in [2.75, 3.05) is 19.8 Å². The number of likely N-dealkylation sites (N-methyl/N-ethyl adjacent to an activating group) is 1. The Balaban J connectivity index is 2.52. The van der Waals surface area contributed by atoms with Crippen LogP contribution >= 0.6 is 0 Å². The Bertz CT molecular complexity index is 287. The minimum absolute atomic E-state index is 0.319. The fraction of sp³-hybridized carbons (Fsp3) is 0.818. The van der Waals surface area contributed by atoms with Gasteiger partial charge < -0.3 is 10.1 Å². The van der Waals surface area contributed by atoms with Gasteiger partial charge in [-0.3, -0.25) is 4.68 Å². The van der Waals surface area contributed by atoms with E-state index in [9.17, 15) is 0 Å². The molecule has 0 spiro atoms. The molecular weight excluding hydrogens is 204 g/mol. The van der Waals surface area contributed by atoms with Gasteiger partial charge in [-0.2, -0.15) is 5.10 Å². The molecule has 1 rings (SSSR count). The maximum atomic E-state index is 5.45. The third-order valence-electron chi connectivity index (χ3n) is 2.44. The Hall–Kier alpha value is -0.940. The first-order valence-corrected chi connectivity index (χ1v) is 5.99. The van der Waals surface area contributed by atoms with Crippen molar-refractivity contribution in [2.45, 2.75) is 39.8 Å². The normalized spacial score (nSPS) is 12.9. The number of ether oxygens (including phenoxy) is 1. The Kier molecular flexibility index (Phi) is 6.03. The minimum Gasteiger partial charge on any atom is -0.380 e. The average Bonchev–Trinajstić information content (AvgIpc) is 2.73. The second-order valence-corrected chi connectivity index (χ2v) is 3.61. The van der Waals surface area contributed by atoms with Crippen molar-refractivity contribution >= 4 is 0 Å². The predicted molar refractivity (Wildman–Crippen MR) is 63.4 cm³/mol. The van der Waals surface area contributed by atoms with E-state index in [0.717, 1.165) is 38.5 Å². The summed E-state index contributed by atoms with van der Waals surface area (Å²) in [5.74, 6) is 1.02. The van der Waals surface area contributed by atoms with E-state index < -0.39 is 0 Å². The molecule has 0 fully saturated rings. The highest BCUT2D eigenvalue weighted by Crippen LogP contribution is 2.00. The number of nitrogens with one attached hydrogen (secondary N) is 1. The topological polar surface area (TPSA) is 52.0 Å². The minimum atomic E-state index is 0.319. The zero-order valence-electron chi connectivity index (χ0n) is 10.4. The molecule has 5 nitrogen and oxygen atoms in total. The van der Waals surface area contributed by atoms with Gasteiger partial charge in [0.05, 0.1) is 6.61 Å². The number of nitrogens with zero attached hydrogens (tertiary/aromatic N) is 3. The van der Waals surface area contributed by atoms with Gasteiger partial charge in [-0.25, -0.2) is 4.98 Å². The van der Waals surface area contributed by atoms with E-state index >= 15 is 0 Å². The highest BCUT2D eigenvalue weighted by atomic mass is 16.5. The second kappa shape index (κ2) is 7.35. The molecule has 5 heteroatoms. The number of rotatable bonds is 8. The molecule has 1 aromatic rings. The molecule has 0 aliphatic rings. The first-order chi connectivity index (χ1) is 7.81. The molecule has 1 aromatic heterocycles. The summed E-state index contributed by atoms with van der Waals surface area (Å²) in [6.07, 6.45) is 2.48. The summed E-state index contributed by atoms with van der Waals surface area (Å²) in [5, 5.41) is 7.57. The van der Waals surface area contributed by atoms with Crippen LogP contribution in [-0.4, -0.2) is 40.6 Å². The van der Waals surface area contributed by atoms with Crippen LogP contribution in [0.4, 0.5) is 0 Å². The van der Waals surface area contributed by atoms with Crippen molar-refractivity contribution in [3.05, 3.63) is 12.2 Å². The van der Waals surface area contributed by atoms with Gasteiger partial charge in [0.15, 0.2) is 0 Å².